The van der Waals surface area contributed by atoms with Crippen LogP contribution in [0.15, 0.2) is 28.7 Å². The molecule has 1 aliphatic carbocycles. The summed E-state index contributed by atoms with van der Waals surface area (Å²) in [6, 6.07) is 8.66. The van der Waals surface area contributed by atoms with E-state index >= 15 is 0 Å². The minimum atomic E-state index is -0.833. The molecule has 30 heavy (non-hydrogen) atoms. The number of aliphatic carboxylic acids is 1. The van der Waals surface area contributed by atoms with Crippen LogP contribution in [-0.4, -0.2) is 41.2 Å². The van der Waals surface area contributed by atoms with E-state index in [1.54, 1.807) is 7.11 Å². The lowest BCUT2D eigenvalue weighted by atomic mass is 9.94. The lowest BCUT2D eigenvalue weighted by molar-refractivity contribution is -0.134. The molecule has 1 aromatic carbocycles. The molecule has 2 aromatic rings. The second kappa shape index (κ2) is 11.7. The number of benzene rings is 1. The van der Waals surface area contributed by atoms with Gasteiger partial charge in [0.05, 0.1) is 17.8 Å². The zero-order chi connectivity index (χ0) is 22.3. The predicted octanol–water partition coefficient (Wildman–Crippen LogP) is 6.34. The molecule has 0 bridgehead atoms. The van der Waals surface area contributed by atoms with Crippen molar-refractivity contribution >= 4 is 33.5 Å². The van der Waals surface area contributed by atoms with Gasteiger partial charge in [-0.1, -0.05) is 43.0 Å². The van der Waals surface area contributed by atoms with Crippen LogP contribution in [0.25, 0.3) is 11.3 Å². The molecule has 0 spiro atoms. The molecule has 1 heterocycles. The first-order chi connectivity index (χ1) is 14.2. The molecule has 0 unspecified atom stereocenters. The topological polar surface area (TPSA) is 62.7 Å². The van der Waals surface area contributed by atoms with Crippen LogP contribution >= 0.6 is 27.5 Å². The first-order valence-corrected chi connectivity index (χ1v) is 11.3. The lowest BCUT2D eigenvalue weighted by Crippen LogP contribution is -2.33. The molecule has 0 radical (unpaired) electrons. The zero-order valence-corrected chi connectivity index (χ0v) is 20.4. The molecule has 1 fully saturated rings. The Bertz CT molecular complexity index is 866. The van der Waals surface area contributed by atoms with Crippen LogP contribution in [0.3, 0.4) is 0 Å². The number of carboxylic acid groups (broad SMARTS) is 1. The molecule has 1 saturated carbocycles. The number of aryl methyl sites for hydroxylation is 1. The van der Waals surface area contributed by atoms with E-state index in [0.29, 0.717) is 16.9 Å². The van der Waals surface area contributed by atoms with Crippen LogP contribution < -0.4 is 4.74 Å². The smallest absolute Gasteiger partial charge is 0.300 e. The molecule has 3 rings (SSSR count). The second-order valence-corrected chi connectivity index (χ2v) is 8.87. The largest absolute Gasteiger partial charge is 0.481 e. The molecule has 0 aliphatic heterocycles. The van der Waals surface area contributed by atoms with E-state index in [-0.39, 0.29) is 0 Å². The maximum atomic E-state index is 9.00. The van der Waals surface area contributed by atoms with E-state index in [9.17, 15) is 0 Å². The molecule has 1 aliphatic rings. The van der Waals surface area contributed by atoms with Crippen molar-refractivity contribution in [3.8, 4) is 17.1 Å². The Balaban J connectivity index is 0.000000735. The van der Waals surface area contributed by atoms with Crippen molar-refractivity contribution in [1.29, 1.82) is 0 Å². The number of halogens is 2. The highest BCUT2D eigenvalue weighted by molar-refractivity contribution is 9.10. The monoisotopic (exact) mass is 496 g/mol. The maximum Gasteiger partial charge on any atom is 0.300 e. The molecule has 164 valence electrons. The highest BCUT2D eigenvalue weighted by atomic mass is 79.9. The normalized spacial score (nSPS) is 14.2. The third-order valence-electron chi connectivity index (χ3n) is 5.34. The van der Waals surface area contributed by atoms with Gasteiger partial charge in [-0.2, -0.15) is 0 Å². The van der Waals surface area contributed by atoms with Gasteiger partial charge in [-0.15, -0.1) is 0 Å². The highest BCUT2D eigenvalue weighted by Crippen LogP contribution is 2.35. The molecule has 1 aromatic heterocycles. The maximum absolute atomic E-state index is 9.00. The number of carbonyl (C=O) groups is 1. The fraction of sp³-hybridized carbons (Fsp3) is 0.478. The van der Waals surface area contributed by atoms with Gasteiger partial charge in [-0.05, 0) is 60.4 Å². The fourth-order valence-electron chi connectivity index (χ4n) is 3.77. The zero-order valence-electron chi connectivity index (χ0n) is 18.0. The third-order valence-corrected chi connectivity index (χ3v) is 6.63. The Labute approximate surface area is 192 Å². The Morgan fingerprint density at radius 3 is 2.57 bits per heavy atom. The van der Waals surface area contributed by atoms with E-state index in [2.05, 4.69) is 40.9 Å². The summed E-state index contributed by atoms with van der Waals surface area (Å²) in [6.07, 6.45) is 6.62. The molecular weight excluding hydrogens is 468 g/mol. The summed E-state index contributed by atoms with van der Waals surface area (Å²) in [5.41, 5.74) is 4.10. The van der Waals surface area contributed by atoms with Gasteiger partial charge in [0.1, 0.15) is 0 Å². The van der Waals surface area contributed by atoms with Crippen LogP contribution in [0.4, 0.5) is 0 Å². The number of hydrogen-bond acceptors (Lipinski definition) is 4. The predicted molar refractivity (Wildman–Crippen MR) is 125 cm³/mol. The van der Waals surface area contributed by atoms with Crippen molar-refractivity contribution in [3.63, 3.8) is 0 Å². The van der Waals surface area contributed by atoms with Crippen molar-refractivity contribution < 1.29 is 14.6 Å². The SMILES string of the molecule is CC(=O)O.COc1nc(-c2cccc(Br)c2Cl)cc(C)c1CN(C)C1CCCCC1. The van der Waals surface area contributed by atoms with Crippen molar-refractivity contribution in [2.45, 2.75) is 58.5 Å². The molecule has 1 N–H and O–H groups in total. The van der Waals surface area contributed by atoms with E-state index in [1.807, 2.05) is 18.2 Å². The fourth-order valence-corrected chi connectivity index (χ4v) is 4.36. The van der Waals surface area contributed by atoms with E-state index in [4.69, 9.17) is 31.2 Å². The Kier molecular flexibility index (Phi) is 9.59. The summed E-state index contributed by atoms with van der Waals surface area (Å²) < 4.78 is 6.53. The Hall–Kier alpha value is -1.63. The van der Waals surface area contributed by atoms with Crippen LogP contribution in [0.2, 0.25) is 5.02 Å². The van der Waals surface area contributed by atoms with Crippen molar-refractivity contribution in [3.05, 3.63) is 44.9 Å². The quantitative estimate of drug-likeness (QED) is 0.522. The minimum absolute atomic E-state index is 0.659. The number of carboxylic acids is 1. The van der Waals surface area contributed by atoms with Crippen molar-refractivity contribution in [2.24, 2.45) is 0 Å². The van der Waals surface area contributed by atoms with Gasteiger partial charge in [0.25, 0.3) is 5.97 Å². The summed E-state index contributed by atoms with van der Waals surface area (Å²) in [7, 11) is 3.91. The first-order valence-electron chi connectivity index (χ1n) is 10.1. The summed E-state index contributed by atoms with van der Waals surface area (Å²) in [6.45, 7) is 4.07. The first kappa shape index (κ1) is 24.6. The number of aromatic nitrogens is 1. The second-order valence-electron chi connectivity index (χ2n) is 7.64. The molecule has 5 nitrogen and oxygen atoms in total. The molecule has 0 amide bonds. The van der Waals surface area contributed by atoms with Crippen LogP contribution in [-0.2, 0) is 11.3 Å². The average molecular weight is 498 g/mol. The molecule has 0 saturated heterocycles. The number of hydrogen-bond donors (Lipinski definition) is 1. The highest BCUT2D eigenvalue weighted by Gasteiger charge is 2.21. The van der Waals surface area contributed by atoms with Gasteiger partial charge in [0.15, 0.2) is 0 Å². The molecule has 7 heteroatoms. The Morgan fingerprint density at radius 1 is 1.33 bits per heavy atom. The molecular formula is C23H30BrClN2O3. The number of ether oxygens (including phenoxy) is 1. The molecule has 0 atom stereocenters. The summed E-state index contributed by atoms with van der Waals surface area (Å²) in [4.78, 5) is 16.2. The van der Waals surface area contributed by atoms with Crippen molar-refractivity contribution in [2.75, 3.05) is 14.2 Å². The van der Waals surface area contributed by atoms with Gasteiger partial charge in [0.2, 0.25) is 5.88 Å². The average Bonchev–Trinajstić information content (AvgIpc) is 2.71. The van der Waals surface area contributed by atoms with E-state index in [0.717, 1.165) is 34.8 Å². The summed E-state index contributed by atoms with van der Waals surface area (Å²) in [5.74, 6) is -0.140. The number of methoxy groups -OCH3 is 1. The summed E-state index contributed by atoms with van der Waals surface area (Å²) in [5, 5.41) is 8.09. The minimum Gasteiger partial charge on any atom is -0.481 e. The van der Waals surface area contributed by atoms with Crippen LogP contribution in [0, 0.1) is 6.92 Å². The standard InChI is InChI=1S/C21H26BrClN2O.C2H4O2/c1-14-12-19(16-10-7-11-18(22)20(16)23)24-21(26-3)17(14)13-25(2)15-8-5-4-6-9-15;1-2(3)4/h7,10-12,15H,4-6,8-9,13H2,1-3H3;1H3,(H,3,4). The van der Waals surface area contributed by atoms with Gasteiger partial charge in [-0.3, -0.25) is 9.69 Å². The lowest BCUT2D eigenvalue weighted by Gasteiger charge is -2.31. The summed E-state index contributed by atoms with van der Waals surface area (Å²) >= 11 is 9.96. The van der Waals surface area contributed by atoms with E-state index in [1.165, 1.54) is 37.7 Å². The number of pyridine rings is 1. The van der Waals surface area contributed by atoms with Crippen LogP contribution in [0.5, 0.6) is 5.88 Å². The number of nitrogens with zero attached hydrogens (tertiary/aromatic N) is 2. The van der Waals surface area contributed by atoms with Crippen molar-refractivity contribution in [1.82, 2.24) is 9.88 Å². The van der Waals surface area contributed by atoms with Gasteiger partial charge in [0, 0.05) is 35.1 Å². The van der Waals surface area contributed by atoms with Gasteiger partial charge < -0.3 is 9.84 Å². The third kappa shape index (κ3) is 6.69. The Morgan fingerprint density at radius 2 is 1.97 bits per heavy atom. The number of rotatable bonds is 5. The van der Waals surface area contributed by atoms with Gasteiger partial charge >= 0.3 is 0 Å². The van der Waals surface area contributed by atoms with E-state index < -0.39 is 5.97 Å². The van der Waals surface area contributed by atoms with Crippen LogP contribution in [0.1, 0.15) is 50.2 Å². The van der Waals surface area contributed by atoms with Gasteiger partial charge in [-0.25, -0.2) is 4.98 Å².